The minimum atomic E-state index is -1.04. The number of rotatable bonds is 3. The van der Waals surface area contributed by atoms with Gasteiger partial charge in [-0.3, -0.25) is 0 Å². The maximum absolute atomic E-state index is 10.5. The first-order valence-electron chi connectivity index (χ1n) is 4.51. The van der Waals surface area contributed by atoms with E-state index in [4.69, 9.17) is 28.9 Å². The van der Waals surface area contributed by atoms with Crippen molar-refractivity contribution in [1.29, 1.82) is 0 Å². The molecular weight excluding hydrogens is 253 g/mol. The average Bonchev–Trinajstić information content (AvgIpc) is 2.15. The van der Waals surface area contributed by atoms with E-state index in [-0.39, 0.29) is 0 Å². The summed E-state index contributed by atoms with van der Waals surface area (Å²) in [7, 11) is 0. The molecule has 0 aromatic heterocycles. The Hall–Kier alpha value is -0.970. The highest BCUT2D eigenvalue weighted by Gasteiger charge is 2.21. The number of aliphatic hydroxyl groups is 1. The molecule has 88 valence electrons. The summed E-state index contributed by atoms with van der Waals surface area (Å²) in [6.45, 7) is 1.51. The molecule has 16 heavy (non-hydrogen) atoms. The molecule has 0 saturated carbocycles. The molecule has 0 bridgehead atoms. The normalized spacial score (nSPS) is 14.2. The molecule has 0 radical (unpaired) electrons. The van der Waals surface area contributed by atoms with Crippen LogP contribution in [0, 0.1) is 0 Å². The Bertz CT molecular complexity index is 398. The molecule has 1 amide bonds. The third-order valence-corrected chi connectivity index (χ3v) is 2.59. The molecule has 0 fully saturated rings. The van der Waals surface area contributed by atoms with Crippen molar-refractivity contribution < 1.29 is 14.6 Å². The van der Waals surface area contributed by atoms with Gasteiger partial charge in [0.25, 0.3) is 0 Å². The summed E-state index contributed by atoms with van der Waals surface area (Å²) in [4.78, 5) is 10.5. The Balaban J connectivity index is 2.87. The van der Waals surface area contributed by atoms with Crippen LogP contribution in [0.5, 0.6) is 0 Å². The van der Waals surface area contributed by atoms with Crippen LogP contribution in [0.25, 0.3) is 0 Å². The van der Waals surface area contributed by atoms with Crippen LogP contribution in [0.3, 0.4) is 0 Å². The molecule has 0 aliphatic carbocycles. The highest BCUT2D eigenvalue weighted by atomic mass is 35.5. The molecule has 1 aromatic carbocycles. The second-order valence-electron chi connectivity index (χ2n) is 3.25. The summed E-state index contributed by atoms with van der Waals surface area (Å²) >= 11 is 11.6. The Labute approximate surface area is 103 Å². The van der Waals surface area contributed by atoms with Gasteiger partial charge in [0.1, 0.15) is 12.2 Å². The minimum Gasteiger partial charge on any atom is -0.444 e. The molecule has 1 aromatic rings. The summed E-state index contributed by atoms with van der Waals surface area (Å²) in [6, 6.07) is 4.65. The van der Waals surface area contributed by atoms with E-state index in [1.54, 1.807) is 12.1 Å². The van der Waals surface area contributed by atoms with Crippen molar-refractivity contribution in [3.05, 3.63) is 33.8 Å². The van der Waals surface area contributed by atoms with Crippen LogP contribution in [0.1, 0.15) is 18.6 Å². The van der Waals surface area contributed by atoms with Gasteiger partial charge in [-0.15, -0.1) is 0 Å². The van der Waals surface area contributed by atoms with Crippen LogP contribution in [0.2, 0.25) is 10.0 Å². The van der Waals surface area contributed by atoms with E-state index >= 15 is 0 Å². The molecule has 0 aliphatic heterocycles. The van der Waals surface area contributed by atoms with Crippen LogP contribution < -0.4 is 5.73 Å². The highest BCUT2D eigenvalue weighted by molar-refractivity contribution is 6.35. The van der Waals surface area contributed by atoms with Crippen molar-refractivity contribution in [1.82, 2.24) is 0 Å². The molecule has 0 saturated heterocycles. The first-order chi connectivity index (χ1) is 7.41. The number of benzene rings is 1. The summed E-state index contributed by atoms with van der Waals surface area (Å²) in [6.07, 6.45) is -2.77. The van der Waals surface area contributed by atoms with Gasteiger partial charge in [0.15, 0.2) is 0 Å². The second kappa shape index (κ2) is 5.39. The monoisotopic (exact) mass is 263 g/mol. The van der Waals surface area contributed by atoms with Crippen LogP contribution >= 0.6 is 23.2 Å². The number of aliphatic hydroxyl groups excluding tert-OH is 1. The molecule has 4 nitrogen and oxygen atoms in total. The predicted octanol–water partition coefficient (Wildman–Crippen LogP) is 2.51. The van der Waals surface area contributed by atoms with Crippen LogP contribution in [-0.4, -0.2) is 17.3 Å². The van der Waals surface area contributed by atoms with E-state index in [9.17, 15) is 9.90 Å². The fraction of sp³-hybridized carbons (Fsp3) is 0.300. The van der Waals surface area contributed by atoms with Gasteiger partial charge in [-0.25, -0.2) is 4.79 Å². The smallest absolute Gasteiger partial charge is 0.404 e. The molecule has 6 heteroatoms. The fourth-order valence-electron chi connectivity index (χ4n) is 1.24. The highest BCUT2D eigenvalue weighted by Crippen LogP contribution is 2.28. The van der Waals surface area contributed by atoms with Crippen molar-refractivity contribution in [2.45, 2.75) is 19.1 Å². The van der Waals surface area contributed by atoms with Crippen LogP contribution in [0.15, 0.2) is 18.2 Å². The summed E-state index contributed by atoms with van der Waals surface area (Å²) in [5.41, 5.74) is 5.28. The number of halogens is 2. The summed E-state index contributed by atoms with van der Waals surface area (Å²) < 4.78 is 4.65. The van der Waals surface area contributed by atoms with Gasteiger partial charge in [-0.1, -0.05) is 29.3 Å². The molecule has 0 spiro atoms. The average molecular weight is 264 g/mol. The Morgan fingerprint density at radius 1 is 1.50 bits per heavy atom. The lowest BCUT2D eigenvalue weighted by Gasteiger charge is -2.19. The van der Waals surface area contributed by atoms with Crippen molar-refractivity contribution >= 4 is 29.3 Å². The first kappa shape index (κ1) is 13.1. The van der Waals surface area contributed by atoms with Gasteiger partial charge >= 0.3 is 6.09 Å². The number of amides is 1. The third kappa shape index (κ3) is 3.27. The molecule has 1 rings (SSSR count). The van der Waals surface area contributed by atoms with Crippen molar-refractivity contribution in [3.8, 4) is 0 Å². The number of primary amides is 1. The largest absolute Gasteiger partial charge is 0.444 e. The standard InChI is InChI=1S/C10H11Cl2NO3/c1-5(16-10(13)15)9(14)7-3-2-6(11)4-8(7)12/h2-5,9,14H,1H3,(H2,13,15). The second-order valence-corrected chi connectivity index (χ2v) is 4.10. The quantitative estimate of drug-likeness (QED) is 0.880. The van der Waals surface area contributed by atoms with Crippen molar-refractivity contribution in [2.24, 2.45) is 5.73 Å². The number of hydrogen-bond donors (Lipinski definition) is 2. The third-order valence-electron chi connectivity index (χ3n) is 2.03. The van der Waals surface area contributed by atoms with Crippen molar-refractivity contribution in [3.63, 3.8) is 0 Å². The maximum atomic E-state index is 10.5. The fourth-order valence-corrected chi connectivity index (χ4v) is 1.76. The van der Waals surface area contributed by atoms with Gasteiger partial charge < -0.3 is 15.6 Å². The van der Waals surface area contributed by atoms with E-state index in [1.807, 2.05) is 0 Å². The number of carbonyl (C=O) groups excluding carboxylic acids is 1. The molecule has 2 unspecified atom stereocenters. The number of carbonyl (C=O) groups is 1. The van der Waals surface area contributed by atoms with Crippen molar-refractivity contribution in [2.75, 3.05) is 0 Å². The predicted molar refractivity (Wildman–Crippen MR) is 61.6 cm³/mol. The Morgan fingerprint density at radius 3 is 2.62 bits per heavy atom. The molecule has 0 aliphatic rings. The molecule has 3 N–H and O–H groups in total. The van der Waals surface area contributed by atoms with Gasteiger partial charge in [0, 0.05) is 15.6 Å². The summed E-state index contributed by atoms with van der Waals surface area (Å²) in [5.74, 6) is 0. The van der Waals surface area contributed by atoms with Crippen LogP contribution in [-0.2, 0) is 4.74 Å². The van der Waals surface area contributed by atoms with E-state index in [2.05, 4.69) is 4.74 Å². The number of ether oxygens (including phenoxy) is 1. The van der Waals surface area contributed by atoms with E-state index < -0.39 is 18.3 Å². The Morgan fingerprint density at radius 2 is 2.12 bits per heavy atom. The van der Waals surface area contributed by atoms with E-state index in [1.165, 1.54) is 13.0 Å². The molecule has 2 atom stereocenters. The Kier molecular flexibility index (Phi) is 4.41. The van der Waals surface area contributed by atoms with E-state index in [0.29, 0.717) is 15.6 Å². The van der Waals surface area contributed by atoms with Crippen LogP contribution in [0.4, 0.5) is 4.79 Å². The van der Waals surface area contributed by atoms with Gasteiger partial charge in [-0.2, -0.15) is 0 Å². The maximum Gasteiger partial charge on any atom is 0.404 e. The summed E-state index contributed by atoms with van der Waals surface area (Å²) in [5, 5.41) is 10.6. The number of nitrogens with two attached hydrogens (primary N) is 1. The minimum absolute atomic E-state index is 0.305. The zero-order chi connectivity index (χ0) is 12.3. The number of hydrogen-bond acceptors (Lipinski definition) is 3. The van der Waals surface area contributed by atoms with Gasteiger partial charge in [-0.05, 0) is 19.1 Å². The first-order valence-corrected chi connectivity index (χ1v) is 5.26. The lowest BCUT2D eigenvalue weighted by Crippen LogP contribution is -2.26. The zero-order valence-electron chi connectivity index (χ0n) is 8.48. The zero-order valence-corrected chi connectivity index (χ0v) is 10.00. The van der Waals surface area contributed by atoms with Gasteiger partial charge in [0.2, 0.25) is 0 Å². The van der Waals surface area contributed by atoms with E-state index in [0.717, 1.165) is 0 Å². The molecule has 0 heterocycles. The lowest BCUT2D eigenvalue weighted by atomic mass is 10.1. The SMILES string of the molecule is CC(OC(N)=O)C(O)c1ccc(Cl)cc1Cl. The lowest BCUT2D eigenvalue weighted by molar-refractivity contribution is 0.0158. The topological polar surface area (TPSA) is 72.5 Å². The molecular formula is C10H11Cl2NO3. The van der Waals surface area contributed by atoms with Gasteiger partial charge in [0.05, 0.1) is 0 Å².